The van der Waals surface area contributed by atoms with Crippen molar-refractivity contribution >= 4 is 5.97 Å². The van der Waals surface area contributed by atoms with Crippen molar-refractivity contribution in [1.82, 2.24) is 0 Å². The van der Waals surface area contributed by atoms with Gasteiger partial charge in [0.1, 0.15) is 0 Å². The second-order valence-electron chi connectivity index (χ2n) is 9.38. The Labute approximate surface area is 155 Å². The van der Waals surface area contributed by atoms with E-state index in [0.29, 0.717) is 0 Å². The van der Waals surface area contributed by atoms with Gasteiger partial charge in [-0.1, -0.05) is 32.6 Å². The molecule has 0 bridgehead atoms. The first-order valence-electron chi connectivity index (χ1n) is 11.3. The molecule has 0 heterocycles. The van der Waals surface area contributed by atoms with E-state index in [2.05, 4.69) is 6.92 Å². The van der Waals surface area contributed by atoms with E-state index < -0.39 is 0 Å². The molecule has 0 spiro atoms. The van der Waals surface area contributed by atoms with Crippen LogP contribution in [0.25, 0.3) is 0 Å². The Morgan fingerprint density at radius 2 is 1.12 bits per heavy atom. The smallest absolute Gasteiger partial charge is 0.308 e. The predicted octanol–water partition coefficient (Wildman–Crippen LogP) is 6.38. The maximum atomic E-state index is 11.7. The van der Waals surface area contributed by atoms with Gasteiger partial charge in [0.15, 0.2) is 0 Å². The second-order valence-corrected chi connectivity index (χ2v) is 9.38. The summed E-state index contributed by atoms with van der Waals surface area (Å²) in [7, 11) is 1.53. The van der Waals surface area contributed by atoms with Gasteiger partial charge in [-0.25, -0.2) is 0 Å². The van der Waals surface area contributed by atoms with E-state index in [1.165, 1.54) is 84.2 Å². The van der Waals surface area contributed by atoms with Crippen LogP contribution in [0.5, 0.6) is 0 Å². The van der Waals surface area contributed by atoms with Crippen molar-refractivity contribution in [2.45, 2.75) is 96.8 Å². The van der Waals surface area contributed by atoms with Crippen LogP contribution in [0.3, 0.4) is 0 Å². The van der Waals surface area contributed by atoms with Crippen LogP contribution in [0, 0.1) is 35.5 Å². The zero-order valence-electron chi connectivity index (χ0n) is 16.7. The summed E-state index contributed by atoms with van der Waals surface area (Å²) in [4.78, 5) is 11.7. The molecule has 0 saturated heterocycles. The van der Waals surface area contributed by atoms with Crippen molar-refractivity contribution in [2.24, 2.45) is 35.5 Å². The Balaban J connectivity index is 1.37. The molecular formula is C23H40O2. The first-order chi connectivity index (χ1) is 12.2. The Kier molecular flexibility index (Phi) is 7.25. The minimum absolute atomic E-state index is 0.0285. The lowest BCUT2D eigenvalue weighted by Gasteiger charge is -2.41. The molecular weight excluding hydrogens is 308 g/mol. The normalized spacial score (nSPS) is 39.8. The van der Waals surface area contributed by atoms with Gasteiger partial charge in [0.2, 0.25) is 0 Å². The summed E-state index contributed by atoms with van der Waals surface area (Å²) in [5, 5.41) is 0. The molecule has 144 valence electrons. The molecule has 25 heavy (non-hydrogen) atoms. The third-order valence-electron chi connectivity index (χ3n) is 8.04. The molecule has 0 amide bonds. The topological polar surface area (TPSA) is 26.3 Å². The number of methoxy groups -OCH3 is 1. The lowest BCUT2D eigenvalue weighted by Crippen LogP contribution is -2.31. The van der Waals surface area contributed by atoms with Crippen molar-refractivity contribution in [1.29, 1.82) is 0 Å². The standard InChI is InChI=1S/C23H40O2/c1-3-4-17-5-7-18(8-6-17)19-9-11-20(12-10-19)21-13-15-22(16-14-21)23(24)25-2/h17-22H,3-16H2,1-2H3. The number of ether oxygens (including phenoxy) is 1. The second kappa shape index (κ2) is 9.42. The van der Waals surface area contributed by atoms with Crippen LogP contribution < -0.4 is 0 Å². The Morgan fingerprint density at radius 1 is 0.720 bits per heavy atom. The highest BCUT2D eigenvalue weighted by Gasteiger charge is 2.35. The van der Waals surface area contributed by atoms with Gasteiger partial charge >= 0.3 is 5.97 Å². The predicted molar refractivity (Wildman–Crippen MR) is 103 cm³/mol. The van der Waals surface area contributed by atoms with E-state index in [1.807, 2.05) is 0 Å². The Hall–Kier alpha value is -0.530. The van der Waals surface area contributed by atoms with Gasteiger partial charge in [0.25, 0.3) is 0 Å². The molecule has 0 atom stereocenters. The summed E-state index contributed by atoms with van der Waals surface area (Å²) >= 11 is 0. The van der Waals surface area contributed by atoms with Gasteiger partial charge in [-0.3, -0.25) is 4.79 Å². The van der Waals surface area contributed by atoms with E-state index in [0.717, 1.165) is 42.4 Å². The highest BCUT2D eigenvalue weighted by molar-refractivity contribution is 5.72. The minimum Gasteiger partial charge on any atom is -0.469 e. The van der Waals surface area contributed by atoms with Crippen molar-refractivity contribution in [3.05, 3.63) is 0 Å². The van der Waals surface area contributed by atoms with Crippen molar-refractivity contribution in [2.75, 3.05) is 7.11 Å². The van der Waals surface area contributed by atoms with Gasteiger partial charge in [-0.2, -0.15) is 0 Å². The van der Waals surface area contributed by atoms with Gasteiger partial charge in [-0.05, 0) is 93.8 Å². The molecule has 2 nitrogen and oxygen atoms in total. The first kappa shape index (κ1) is 19.2. The minimum atomic E-state index is 0.0285. The van der Waals surface area contributed by atoms with Gasteiger partial charge < -0.3 is 4.74 Å². The number of carbonyl (C=O) groups is 1. The molecule has 0 aromatic rings. The lowest BCUT2D eigenvalue weighted by atomic mass is 9.65. The molecule has 3 saturated carbocycles. The summed E-state index contributed by atoms with van der Waals surface area (Å²) in [5.74, 6) is 5.18. The van der Waals surface area contributed by atoms with Crippen LogP contribution in [-0.4, -0.2) is 13.1 Å². The number of rotatable bonds is 5. The summed E-state index contributed by atoms with van der Waals surface area (Å²) in [6.07, 6.45) is 19.5. The molecule has 3 rings (SSSR count). The van der Waals surface area contributed by atoms with Crippen LogP contribution in [0.2, 0.25) is 0 Å². The lowest BCUT2D eigenvalue weighted by molar-refractivity contribution is -0.147. The van der Waals surface area contributed by atoms with Gasteiger partial charge in [0, 0.05) is 0 Å². The summed E-state index contributed by atoms with van der Waals surface area (Å²) < 4.78 is 4.94. The molecule has 3 fully saturated rings. The number of esters is 1. The molecule has 3 aliphatic carbocycles. The zero-order chi connectivity index (χ0) is 17.6. The summed E-state index contributed by atoms with van der Waals surface area (Å²) in [6, 6.07) is 0. The van der Waals surface area contributed by atoms with Crippen LogP contribution in [0.15, 0.2) is 0 Å². The average molecular weight is 349 g/mol. The van der Waals surface area contributed by atoms with Crippen LogP contribution in [0.4, 0.5) is 0 Å². The number of hydrogen-bond acceptors (Lipinski definition) is 2. The van der Waals surface area contributed by atoms with Crippen molar-refractivity contribution < 1.29 is 9.53 Å². The van der Waals surface area contributed by atoms with Crippen LogP contribution >= 0.6 is 0 Å². The number of carbonyl (C=O) groups excluding carboxylic acids is 1. The quantitative estimate of drug-likeness (QED) is 0.539. The fraction of sp³-hybridized carbons (Fsp3) is 0.957. The maximum Gasteiger partial charge on any atom is 0.308 e. The number of hydrogen-bond donors (Lipinski definition) is 0. The van der Waals surface area contributed by atoms with Crippen LogP contribution in [0.1, 0.15) is 96.8 Å². The molecule has 0 radical (unpaired) electrons. The molecule has 0 N–H and O–H groups in total. The summed E-state index contributed by atoms with van der Waals surface area (Å²) in [5.41, 5.74) is 0. The van der Waals surface area contributed by atoms with E-state index in [9.17, 15) is 4.79 Å². The fourth-order valence-electron chi connectivity index (χ4n) is 6.44. The largest absolute Gasteiger partial charge is 0.469 e. The summed E-state index contributed by atoms with van der Waals surface area (Å²) in [6.45, 7) is 2.34. The average Bonchev–Trinajstić information content (AvgIpc) is 2.68. The first-order valence-corrected chi connectivity index (χ1v) is 11.3. The fourth-order valence-corrected chi connectivity index (χ4v) is 6.44. The molecule has 0 unspecified atom stereocenters. The molecule has 3 aliphatic rings. The molecule has 0 aromatic carbocycles. The zero-order valence-corrected chi connectivity index (χ0v) is 16.7. The Morgan fingerprint density at radius 3 is 1.52 bits per heavy atom. The van der Waals surface area contributed by atoms with Crippen molar-refractivity contribution in [3.8, 4) is 0 Å². The highest BCUT2D eigenvalue weighted by Crippen LogP contribution is 2.46. The van der Waals surface area contributed by atoms with Crippen LogP contribution in [-0.2, 0) is 9.53 Å². The molecule has 2 heteroatoms. The Bertz CT molecular complexity index is 394. The van der Waals surface area contributed by atoms with Gasteiger partial charge in [-0.15, -0.1) is 0 Å². The SMILES string of the molecule is CCCC1CCC(C2CCC(C3CCC(C(=O)OC)CC3)CC2)CC1. The molecule has 0 aliphatic heterocycles. The monoisotopic (exact) mass is 348 g/mol. The van der Waals surface area contributed by atoms with E-state index in [-0.39, 0.29) is 11.9 Å². The third-order valence-corrected chi connectivity index (χ3v) is 8.04. The maximum absolute atomic E-state index is 11.7. The van der Waals surface area contributed by atoms with E-state index in [4.69, 9.17) is 4.74 Å². The van der Waals surface area contributed by atoms with E-state index >= 15 is 0 Å². The third kappa shape index (κ3) is 5.01. The highest BCUT2D eigenvalue weighted by atomic mass is 16.5. The van der Waals surface area contributed by atoms with Crippen molar-refractivity contribution in [3.63, 3.8) is 0 Å². The van der Waals surface area contributed by atoms with E-state index in [1.54, 1.807) is 0 Å². The van der Waals surface area contributed by atoms with Gasteiger partial charge in [0.05, 0.1) is 13.0 Å². The molecule has 0 aromatic heterocycles.